The number of hydrogen-bond donors (Lipinski definition) is 2. The summed E-state index contributed by atoms with van der Waals surface area (Å²) in [6.07, 6.45) is 0.535. The Kier molecular flexibility index (Phi) is 6.51. The maximum Gasteiger partial charge on any atom is 0.338 e. The second-order valence-electron chi connectivity index (χ2n) is 5.54. The fourth-order valence-electron chi connectivity index (χ4n) is 2.07. The molecule has 0 amide bonds. The van der Waals surface area contributed by atoms with E-state index in [0.717, 1.165) is 6.42 Å². The van der Waals surface area contributed by atoms with Gasteiger partial charge in [0.2, 0.25) is 5.54 Å². The van der Waals surface area contributed by atoms with Gasteiger partial charge in [0.05, 0.1) is 6.61 Å². The maximum atomic E-state index is 12.1. The van der Waals surface area contributed by atoms with Gasteiger partial charge in [-0.2, -0.15) is 0 Å². The summed E-state index contributed by atoms with van der Waals surface area (Å²) < 4.78 is 4.75. The van der Waals surface area contributed by atoms with Crippen LogP contribution in [-0.2, 0) is 20.7 Å². The molecule has 0 saturated carbocycles. The number of rotatable bonds is 8. The summed E-state index contributed by atoms with van der Waals surface area (Å²) in [5, 5.41) is 9.26. The van der Waals surface area contributed by atoms with Crippen LogP contribution in [0, 0.1) is 0 Å². The first-order valence-electron chi connectivity index (χ1n) is 7.58. The van der Waals surface area contributed by atoms with Crippen molar-refractivity contribution in [1.29, 1.82) is 0 Å². The maximum absolute atomic E-state index is 12.1. The van der Waals surface area contributed by atoms with Gasteiger partial charge in [-0.25, -0.2) is 9.59 Å². The lowest BCUT2D eigenvalue weighted by Gasteiger charge is -2.22. The molecular formula is C16H22BNO5. The van der Waals surface area contributed by atoms with Gasteiger partial charge < -0.3 is 15.6 Å². The summed E-state index contributed by atoms with van der Waals surface area (Å²) in [6.45, 7) is 3.56. The van der Waals surface area contributed by atoms with Gasteiger partial charge in [-0.05, 0) is 18.3 Å². The summed E-state index contributed by atoms with van der Waals surface area (Å²) in [4.78, 5) is 35.3. The van der Waals surface area contributed by atoms with Crippen LogP contribution in [0.25, 0.3) is 0 Å². The Morgan fingerprint density at radius 2 is 1.83 bits per heavy atom. The third kappa shape index (κ3) is 4.42. The fourth-order valence-corrected chi connectivity index (χ4v) is 2.07. The third-order valence-electron chi connectivity index (χ3n) is 3.80. The van der Waals surface area contributed by atoms with E-state index in [-0.39, 0.29) is 24.6 Å². The predicted molar refractivity (Wildman–Crippen MR) is 88.2 cm³/mol. The SMILES string of the molecule is BC(CC)C(=O)c1ccc(CC(N)(C(=O)O)C(=O)OCC)cc1. The van der Waals surface area contributed by atoms with Crippen LogP contribution in [0.15, 0.2) is 24.3 Å². The first-order chi connectivity index (χ1) is 10.8. The van der Waals surface area contributed by atoms with Crippen molar-refractivity contribution in [2.24, 2.45) is 5.73 Å². The van der Waals surface area contributed by atoms with Crippen LogP contribution in [-0.4, -0.2) is 42.8 Å². The Hall–Kier alpha value is -2.15. The monoisotopic (exact) mass is 319 g/mol. The second kappa shape index (κ2) is 7.92. The van der Waals surface area contributed by atoms with Crippen LogP contribution < -0.4 is 5.73 Å². The van der Waals surface area contributed by atoms with Crippen LogP contribution in [0.5, 0.6) is 0 Å². The van der Waals surface area contributed by atoms with Crippen molar-refractivity contribution in [3.63, 3.8) is 0 Å². The average molecular weight is 319 g/mol. The van der Waals surface area contributed by atoms with Gasteiger partial charge in [0.1, 0.15) is 7.85 Å². The van der Waals surface area contributed by atoms with Gasteiger partial charge in [-0.3, -0.25) is 4.79 Å². The standard InChI is InChI=1S/C16H22BNO5/c1-3-12(17)13(19)11-7-5-10(6-8-11)9-16(18,14(20)21)15(22)23-4-2/h5-8,12H,3-4,9,17-18H2,1-2H3,(H,20,21). The van der Waals surface area contributed by atoms with E-state index in [9.17, 15) is 19.5 Å². The van der Waals surface area contributed by atoms with Crippen LogP contribution in [0.4, 0.5) is 0 Å². The van der Waals surface area contributed by atoms with E-state index in [1.807, 2.05) is 14.8 Å². The number of carbonyl (C=O) groups is 3. The minimum absolute atomic E-state index is 0.0293. The first-order valence-corrected chi connectivity index (χ1v) is 7.58. The lowest BCUT2D eigenvalue weighted by Crippen LogP contribution is -2.57. The zero-order chi connectivity index (χ0) is 17.6. The van der Waals surface area contributed by atoms with Gasteiger partial charge in [0, 0.05) is 12.0 Å². The molecule has 0 aliphatic carbocycles. The number of carboxylic acid groups (broad SMARTS) is 1. The molecule has 3 N–H and O–H groups in total. The van der Waals surface area contributed by atoms with Gasteiger partial charge in [0.25, 0.3) is 0 Å². The molecule has 0 bridgehead atoms. The summed E-state index contributed by atoms with van der Waals surface area (Å²) in [5.41, 5.74) is 4.69. The molecule has 0 radical (unpaired) electrons. The van der Waals surface area contributed by atoms with Crippen molar-refractivity contribution in [2.75, 3.05) is 6.61 Å². The van der Waals surface area contributed by atoms with Gasteiger partial charge >= 0.3 is 11.9 Å². The molecule has 23 heavy (non-hydrogen) atoms. The Morgan fingerprint density at radius 3 is 2.26 bits per heavy atom. The van der Waals surface area contributed by atoms with E-state index in [1.54, 1.807) is 31.2 Å². The van der Waals surface area contributed by atoms with Crippen molar-refractivity contribution in [2.45, 2.75) is 38.0 Å². The number of carboxylic acids is 1. The molecule has 0 aliphatic rings. The average Bonchev–Trinajstić information content (AvgIpc) is 2.54. The number of ether oxygens (including phenoxy) is 1. The van der Waals surface area contributed by atoms with Crippen molar-refractivity contribution < 1.29 is 24.2 Å². The Labute approximate surface area is 136 Å². The van der Waals surface area contributed by atoms with E-state index < -0.39 is 17.5 Å². The highest BCUT2D eigenvalue weighted by atomic mass is 16.5. The predicted octanol–water partition coefficient (Wildman–Crippen LogP) is 0.589. The summed E-state index contributed by atoms with van der Waals surface area (Å²) in [7, 11) is 1.85. The van der Waals surface area contributed by atoms with Crippen molar-refractivity contribution in [1.82, 2.24) is 0 Å². The molecule has 1 aromatic carbocycles. The minimum atomic E-state index is -2.14. The Bertz CT molecular complexity index is 587. The lowest BCUT2D eigenvalue weighted by atomic mass is 9.79. The second-order valence-corrected chi connectivity index (χ2v) is 5.54. The molecule has 2 atom stereocenters. The molecule has 0 spiro atoms. The quantitative estimate of drug-likeness (QED) is 0.314. The molecule has 6 nitrogen and oxygen atoms in total. The van der Waals surface area contributed by atoms with E-state index in [1.165, 1.54) is 0 Å². The fraction of sp³-hybridized carbons (Fsp3) is 0.438. The number of benzene rings is 1. The smallest absolute Gasteiger partial charge is 0.338 e. The number of esters is 1. The molecule has 0 saturated heterocycles. The number of carbonyl (C=O) groups excluding carboxylic acids is 2. The van der Waals surface area contributed by atoms with Gasteiger partial charge in [0.15, 0.2) is 5.78 Å². The highest BCUT2D eigenvalue weighted by Gasteiger charge is 2.44. The molecule has 0 aromatic heterocycles. The molecule has 1 aromatic rings. The zero-order valence-electron chi connectivity index (χ0n) is 13.7. The summed E-state index contributed by atoms with van der Waals surface area (Å²) >= 11 is 0. The number of Topliss-reactive ketones (excluding diaryl/α,β-unsaturated/α-hetero) is 1. The first kappa shape index (κ1) is 18.9. The van der Waals surface area contributed by atoms with Crippen molar-refractivity contribution in [3.05, 3.63) is 35.4 Å². The third-order valence-corrected chi connectivity index (χ3v) is 3.80. The molecule has 0 heterocycles. The van der Waals surface area contributed by atoms with Gasteiger partial charge in [-0.15, -0.1) is 0 Å². The Morgan fingerprint density at radius 1 is 1.26 bits per heavy atom. The Balaban J connectivity index is 2.97. The molecule has 2 unspecified atom stereocenters. The van der Waals surface area contributed by atoms with Crippen molar-refractivity contribution >= 4 is 25.6 Å². The highest BCUT2D eigenvalue weighted by molar-refractivity contribution is 6.27. The largest absolute Gasteiger partial charge is 0.479 e. The molecule has 1 rings (SSSR count). The molecule has 7 heteroatoms. The van der Waals surface area contributed by atoms with E-state index in [0.29, 0.717) is 11.1 Å². The van der Waals surface area contributed by atoms with Crippen LogP contribution in [0.3, 0.4) is 0 Å². The molecule has 0 fully saturated rings. The molecule has 0 aliphatic heterocycles. The zero-order valence-corrected chi connectivity index (χ0v) is 13.7. The van der Waals surface area contributed by atoms with Crippen LogP contribution >= 0.6 is 0 Å². The van der Waals surface area contributed by atoms with E-state index in [2.05, 4.69) is 0 Å². The number of hydrogen-bond acceptors (Lipinski definition) is 5. The van der Waals surface area contributed by atoms with Crippen molar-refractivity contribution in [3.8, 4) is 0 Å². The van der Waals surface area contributed by atoms with Crippen LogP contribution in [0.2, 0.25) is 5.82 Å². The summed E-state index contributed by atoms with van der Waals surface area (Å²) in [6, 6.07) is 6.47. The minimum Gasteiger partial charge on any atom is -0.479 e. The van der Waals surface area contributed by atoms with E-state index >= 15 is 0 Å². The highest BCUT2D eigenvalue weighted by Crippen LogP contribution is 2.18. The molecular weight excluding hydrogens is 297 g/mol. The number of ketones is 1. The van der Waals surface area contributed by atoms with Crippen LogP contribution in [0.1, 0.15) is 36.2 Å². The topological polar surface area (TPSA) is 107 Å². The lowest BCUT2D eigenvalue weighted by molar-refractivity contribution is -0.160. The summed E-state index contributed by atoms with van der Waals surface area (Å²) in [5.74, 6) is -2.47. The normalized spacial score (nSPS) is 14.6. The molecule has 124 valence electrons. The number of aliphatic carboxylic acids is 1. The van der Waals surface area contributed by atoms with Gasteiger partial charge in [-0.1, -0.05) is 37.6 Å². The van der Waals surface area contributed by atoms with E-state index in [4.69, 9.17) is 10.5 Å². The number of nitrogens with two attached hydrogens (primary N) is 1.